The smallest absolute Gasteiger partial charge is 0.110 e. The van der Waals surface area contributed by atoms with Crippen LogP contribution in [-0.2, 0) is 19.9 Å². The molecule has 0 aliphatic carbocycles. The fraction of sp³-hybridized carbons (Fsp3) is 0.545. The van der Waals surface area contributed by atoms with Crippen molar-refractivity contribution in [3.05, 3.63) is 28.8 Å². The predicted octanol–water partition coefficient (Wildman–Crippen LogP) is 0.971. The molecule has 1 unspecified atom stereocenters. The van der Waals surface area contributed by atoms with Crippen molar-refractivity contribution < 1.29 is 0 Å². The van der Waals surface area contributed by atoms with Crippen LogP contribution in [0.2, 0.25) is 0 Å². The lowest BCUT2D eigenvalue weighted by Gasteiger charge is -2.14. The number of aromatic nitrogens is 4. The zero-order chi connectivity index (χ0) is 13.0. The number of aryl methyl sites for hydroxylation is 2. The molecule has 2 heterocycles. The summed E-state index contributed by atoms with van der Waals surface area (Å²) in [7, 11) is 1.98. The lowest BCUT2D eigenvalue weighted by molar-refractivity contribution is 0.532. The molecule has 2 aromatic rings. The van der Waals surface area contributed by atoms with Gasteiger partial charge in [-0.15, -0.1) is 5.10 Å². The zero-order valence-electron chi connectivity index (χ0n) is 10.6. The van der Waals surface area contributed by atoms with Gasteiger partial charge >= 0.3 is 0 Å². The van der Waals surface area contributed by atoms with Crippen LogP contribution in [0.4, 0.5) is 0 Å². The van der Waals surface area contributed by atoms with Gasteiger partial charge in [-0.3, -0.25) is 11.3 Å². The van der Waals surface area contributed by atoms with Gasteiger partial charge in [0, 0.05) is 25.9 Å². The molecule has 3 N–H and O–H groups in total. The van der Waals surface area contributed by atoms with Crippen molar-refractivity contribution in [3.8, 4) is 0 Å². The largest absolute Gasteiger partial charge is 0.338 e. The van der Waals surface area contributed by atoms with E-state index in [1.165, 1.54) is 11.5 Å². The first-order valence-corrected chi connectivity index (χ1v) is 6.77. The highest BCUT2D eigenvalue weighted by Gasteiger charge is 2.19. The average molecular weight is 266 g/mol. The Kier molecular flexibility index (Phi) is 4.40. The van der Waals surface area contributed by atoms with Gasteiger partial charge in [0.2, 0.25) is 0 Å². The normalized spacial score (nSPS) is 12.8. The monoisotopic (exact) mass is 266 g/mol. The number of hydrogen-bond acceptors (Lipinski definition) is 6. The molecule has 98 valence electrons. The SMILES string of the molecule is CCCc1nnsc1C(Cc1nccn1C)NN. The number of rotatable bonds is 6. The van der Waals surface area contributed by atoms with Crippen LogP contribution in [0.5, 0.6) is 0 Å². The Morgan fingerprint density at radius 1 is 1.56 bits per heavy atom. The molecule has 0 aliphatic rings. The van der Waals surface area contributed by atoms with E-state index in [-0.39, 0.29) is 6.04 Å². The van der Waals surface area contributed by atoms with Crippen molar-refractivity contribution in [2.45, 2.75) is 32.2 Å². The molecule has 0 radical (unpaired) electrons. The Labute approximate surface area is 110 Å². The van der Waals surface area contributed by atoms with E-state index in [9.17, 15) is 0 Å². The van der Waals surface area contributed by atoms with Gasteiger partial charge in [0.15, 0.2) is 0 Å². The van der Waals surface area contributed by atoms with Gasteiger partial charge in [-0.2, -0.15) is 0 Å². The van der Waals surface area contributed by atoms with Crippen molar-refractivity contribution in [2.75, 3.05) is 0 Å². The van der Waals surface area contributed by atoms with E-state index < -0.39 is 0 Å². The van der Waals surface area contributed by atoms with Gasteiger partial charge in [0.25, 0.3) is 0 Å². The summed E-state index contributed by atoms with van der Waals surface area (Å²) in [4.78, 5) is 5.43. The Balaban J connectivity index is 2.17. The minimum atomic E-state index is 0.0210. The Bertz CT molecular complexity index is 491. The molecule has 0 bridgehead atoms. The van der Waals surface area contributed by atoms with Crippen molar-refractivity contribution in [1.29, 1.82) is 0 Å². The fourth-order valence-corrected chi connectivity index (χ4v) is 2.65. The third kappa shape index (κ3) is 2.74. The van der Waals surface area contributed by atoms with Crippen molar-refractivity contribution in [3.63, 3.8) is 0 Å². The van der Waals surface area contributed by atoms with Crippen LogP contribution in [0.3, 0.4) is 0 Å². The maximum absolute atomic E-state index is 5.66. The molecule has 2 rings (SSSR count). The topological polar surface area (TPSA) is 81.7 Å². The van der Waals surface area contributed by atoms with E-state index in [0.29, 0.717) is 0 Å². The molecule has 1 atom stereocenters. The minimum Gasteiger partial charge on any atom is -0.338 e. The Morgan fingerprint density at radius 3 is 3.00 bits per heavy atom. The lowest BCUT2D eigenvalue weighted by Crippen LogP contribution is -2.30. The molecule has 0 fully saturated rings. The van der Waals surface area contributed by atoms with Gasteiger partial charge in [-0.05, 0) is 18.0 Å². The second-order valence-electron chi connectivity index (χ2n) is 4.21. The number of nitrogens with zero attached hydrogens (tertiary/aromatic N) is 4. The Morgan fingerprint density at radius 2 is 2.39 bits per heavy atom. The van der Waals surface area contributed by atoms with Crippen LogP contribution < -0.4 is 11.3 Å². The lowest BCUT2D eigenvalue weighted by atomic mass is 10.1. The zero-order valence-corrected chi connectivity index (χ0v) is 11.4. The van der Waals surface area contributed by atoms with Crippen molar-refractivity contribution in [2.24, 2.45) is 12.9 Å². The molecule has 6 nitrogen and oxygen atoms in total. The molecule has 2 aromatic heterocycles. The van der Waals surface area contributed by atoms with E-state index in [1.807, 2.05) is 17.8 Å². The highest BCUT2D eigenvalue weighted by atomic mass is 32.1. The van der Waals surface area contributed by atoms with Gasteiger partial charge in [-0.1, -0.05) is 17.8 Å². The molecule has 18 heavy (non-hydrogen) atoms. The molecule has 0 saturated heterocycles. The van der Waals surface area contributed by atoms with Crippen LogP contribution in [0.1, 0.15) is 35.8 Å². The van der Waals surface area contributed by atoms with E-state index in [2.05, 4.69) is 26.9 Å². The minimum absolute atomic E-state index is 0.0210. The number of imidazole rings is 1. The summed E-state index contributed by atoms with van der Waals surface area (Å²) in [6.45, 7) is 2.13. The highest BCUT2D eigenvalue weighted by molar-refractivity contribution is 7.05. The van der Waals surface area contributed by atoms with Crippen molar-refractivity contribution >= 4 is 11.5 Å². The third-order valence-corrected chi connectivity index (χ3v) is 3.78. The maximum atomic E-state index is 5.66. The molecule has 0 aliphatic heterocycles. The first-order chi connectivity index (χ1) is 8.76. The van der Waals surface area contributed by atoms with Crippen LogP contribution >= 0.6 is 11.5 Å². The summed E-state index contributed by atoms with van der Waals surface area (Å²) in [6.07, 6.45) is 6.45. The Hall–Kier alpha value is -1.31. The summed E-state index contributed by atoms with van der Waals surface area (Å²) in [5, 5.41) is 4.17. The predicted molar refractivity (Wildman–Crippen MR) is 70.9 cm³/mol. The molecule has 0 saturated carbocycles. The second-order valence-corrected chi connectivity index (χ2v) is 5.00. The molecule has 0 spiro atoms. The fourth-order valence-electron chi connectivity index (χ4n) is 1.89. The summed E-state index contributed by atoms with van der Waals surface area (Å²) >= 11 is 1.41. The average Bonchev–Trinajstić information content (AvgIpc) is 2.97. The number of nitrogens with two attached hydrogens (primary N) is 1. The van der Waals surface area contributed by atoms with Crippen LogP contribution in [0.15, 0.2) is 12.4 Å². The number of nitrogens with one attached hydrogen (secondary N) is 1. The van der Waals surface area contributed by atoms with E-state index >= 15 is 0 Å². The van der Waals surface area contributed by atoms with Gasteiger partial charge in [0.05, 0.1) is 16.6 Å². The molecular formula is C11H18N6S. The number of hydrazine groups is 1. The maximum Gasteiger partial charge on any atom is 0.110 e. The number of hydrogen-bond donors (Lipinski definition) is 2. The van der Waals surface area contributed by atoms with E-state index in [1.54, 1.807) is 6.20 Å². The van der Waals surface area contributed by atoms with E-state index in [0.717, 1.165) is 35.7 Å². The summed E-state index contributed by atoms with van der Waals surface area (Å²) in [6, 6.07) is 0.0210. The molecule has 7 heteroatoms. The third-order valence-electron chi connectivity index (χ3n) is 2.90. The standard InChI is InChI=1S/C11H18N6S/c1-3-4-8-11(18-16-15-8)9(14-12)7-10-13-5-6-17(10)2/h5-6,9,14H,3-4,7,12H2,1-2H3. The van der Waals surface area contributed by atoms with Gasteiger partial charge in [0.1, 0.15) is 5.82 Å². The van der Waals surface area contributed by atoms with E-state index in [4.69, 9.17) is 5.84 Å². The first kappa shape index (κ1) is 13.1. The molecular weight excluding hydrogens is 248 g/mol. The summed E-state index contributed by atoms with van der Waals surface area (Å²) < 4.78 is 6.03. The first-order valence-electron chi connectivity index (χ1n) is 5.99. The quantitative estimate of drug-likeness (QED) is 0.601. The summed E-state index contributed by atoms with van der Waals surface area (Å²) in [5.41, 5.74) is 3.89. The van der Waals surface area contributed by atoms with Crippen LogP contribution in [0.25, 0.3) is 0 Å². The van der Waals surface area contributed by atoms with Crippen LogP contribution in [0, 0.1) is 0 Å². The summed E-state index contributed by atoms with van der Waals surface area (Å²) in [5.74, 6) is 6.65. The van der Waals surface area contributed by atoms with Crippen molar-refractivity contribution in [1.82, 2.24) is 24.6 Å². The van der Waals surface area contributed by atoms with Crippen LogP contribution in [-0.4, -0.2) is 19.1 Å². The molecule has 0 amide bonds. The van der Waals surface area contributed by atoms with Gasteiger partial charge < -0.3 is 4.57 Å². The molecule has 0 aromatic carbocycles. The van der Waals surface area contributed by atoms with Gasteiger partial charge in [-0.25, -0.2) is 4.98 Å². The second kappa shape index (κ2) is 6.03. The highest BCUT2D eigenvalue weighted by Crippen LogP contribution is 2.23.